The topological polar surface area (TPSA) is 93.5 Å². The van der Waals surface area contributed by atoms with Gasteiger partial charge in [0.2, 0.25) is 0 Å². The molecular weight excluding hydrogens is 476 g/mol. The van der Waals surface area contributed by atoms with Crippen LogP contribution in [0.2, 0.25) is 0 Å². The van der Waals surface area contributed by atoms with Crippen LogP contribution < -0.4 is 10.9 Å². The highest BCUT2D eigenvalue weighted by Gasteiger charge is 2.27. The Hall–Kier alpha value is -2.69. The Morgan fingerprint density at radius 1 is 1.35 bits per heavy atom. The number of carbonyl (C=O) groups is 1. The highest BCUT2D eigenvalue weighted by Crippen LogP contribution is 2.21. The number of amides is 1. The minimum absolute atomic E-state index is 0.0619. The van der Waals surface area contributed by atoms with Gasteiger partial charge in [0.05, 0.1) is 41.8 Å². The van der Waals surface area contributed by atoms with E-state index in [0.717, 1.165) is 16.7 Å². The molecule has 3 aromatic rings. The number of benzene rings is 1. The smallest absolute Gasteiger partial charge is 0.260 e. The second-order valence-electron chi connectivity index (χ2n) is 7.23. The Kier molecular flexibility index (Phi) is 6.12. The third-order valence-corrected chi connectivity index (χ3v) is 5.62. The first-order chi connectivity index (χ1) is 14.8. The van der Waals surface area contributed by atoms with Gasteiger partial charge in [0.1, 0.15) is 11.6 Å². The highest BCUT2D eigenvalue weighted by atomic mass is 79.9. The lowest BCUT2D eigenvalue weighted by molar-refractivity contribution is -0.0260. The molecule has 0 aliphatic carbocycles. The lowest BCUT2D eigenvalue weighted by Gasteiger charge is -2.28. The number of ether oxygens (including phenoxy) is 1. The van der Waals surface area contributed by atoms with Crippen LogP contribution in [0.5, 0.6) is 0 Å². The van der Waals surface area contributed by atoms with Crippen molar-refractivity contribution in [2.24, 2.45) is 0 Å². The van der Waals surface area contributed by atoms with Gasteiger partial charge < -0.3 is 19.7 Å². The van der Waals surface area contributed by atoms with E-state index in [1.807, 2.05) is 0 Å². The van der Waals surface area contributed by atoms with Crippen molar-refractivity contribution in [1.82, 2.24) is 14.9 Å². The molecule has 0 radical (unpaired) electrons. The number of carbonyl (C=O) groups excluding carboxylic acids is 1. The lowest BCUT2D eigenvalue weighted by atomic mass is 10.1. The Balaban J connectivity index is 1.77. The average molecular weight is 494 g/mol. The molecule has 7 nitrogen and oxygen atoms in total. The second kappa shape index (κ2) is 8.81. The van der Waals surface area contributed by atoms with Gasteiger partial charge in [0, 0.05) is 29.0 Å². The first kappa shape index (κ1) is 21.5. The van der Waals surface area contributed by atoms with Crippen molar-refractivity contribution in [2.45, 2.75) is 25.1 Å². The summed E-state index contributed by atoms with van der Waals surface area (Å²) in [6, 6.07) is 4.72. The number of hydrogen-bond donors (Lipinski definition) is 2. The number of aliphatic hydroxyl groups is 1. The number of nitrogens with one attached hydrogen (secondary N) is 1. The fourth-order valence-electron chi connectivity index (χ4n) is 3.54. The van der Waals surface area contributed by atoms with E-state index >= 15 is 0 Å². The van der Waals surface area contributed by atoms with Gasteiger partial charge in [-0.3, -0.25) is 14.6 Å². The number of aromatic nitrogens is 2. The standard InChI is InChI=1S/C21H18BrF2N3O4/c22-11-6-15(23)13(16(24)7-11)8-27-9-14(19-12(21(27)30)2-1-4-25-19)20(29)26-17-3-5-31-10-18(17)28/h1-2,4,6-7,9,17-18,28H,3,5,8,10H2,(H,26,29)/t17-,18-/m0/s1. The number of aliphatic hydroxyl groups excluding tert-OH is 1. The highest BCUT2D eigenvalue weighted by molar-refractivity contribution is 9.10. The first-order valence-electron chi connectivity index (χ1n) is 9.53. The lowest BCUT2D eigenvalue weighted by Crippen LogP contribution is -2.48. The molecule has 162 valence electrons. The van der Waals surface area contributed by atoms with E-state index in [4.69, 9.17) is 4.74 Å². The molecule has 2 N–H and O–H groups in total. The normalized spacial score (nSPS) is 18.8. The summed E-state index contributed by atoms with van der Waals surface area (Å²) in [4.78, 5) is 30.1. The van der Waals surface area contributed by atoms with E-state index in [9.17, 15) is 23.5 Å². The summed E-state index contributed by atoms with van der Waals surface area (Å²) in [7, 11) is 0. The number of halogens is 3. The molecule has 31 heavy (non-hydrogen) atoms. The van der Waals surface area contributed by atoms with E-state index in [-0.39, 0.29) is 33.1 Å². The number of fused-ring (bicyclic) bond motifs is 1. The van der Waals surface area contributed by atoms with Gasteiger partial charge in [-0.1, -0.05) is 15.9 Å². The summed E-state index contributed by atoms with van der Waals surface area (Å²) in [6.45, 7) is 0.0863. The second-order valence-corrected chi connectivity index (χ2v) is 8.15. The van der Waals surface area contributed by atoms with Crippen LogP contribution in [-0.4, -0.2) is 45.9 Å². The summed E-state index contributed by atoms with van der Waals surface area (Å²) in [5.41, 5.74) is -0.612. The van der Waals surface area contributed by atoms with Crippen LogP contribution in [0.15, 0.2) is 45.9 Å². The Morgan fingerprint density at radius 3 is 2.81 bits per heavy atom. The van der Waals surface area contributed by atoms with E-state index in [1.54, 1.807) is 6.07 Å². The molecule has 0 spiro atoms. The van der Waals surface area contributed by atoms with Crippen molar-refractivity contribution in [3.05, 3.63) is 74.2 Å². The van der Waals surface area contributed by atoms with E-state index < -0.39 is 41.8 Å². The Morgan fingerprint density at radius 2 is 2.10 bits per heavy atom. The molecule has 4 rings (SSSR count). The van der Waals surface area contributed by atoms with Gasteiger partial charge in [-0.2, -0.15) is 0 Å². The van der Waals surface area contributed by atoms with Gasteiger partial charge in [0.25, 0.3) is 11.5 Å². The van der Waals surface area contributed by atoms with Crippen LogP contribution in [0.25, 0.3) is 10.9 Å². The zero-order valence-electron chi connectivity index (χ0n) is 16.1. The van der Waals surface area contributed by atoms with Crippen LogP contribution in [0.1, 0.15) is 22.3 Å². The van der Waals surface area contributed by atoms with Crippen LogP contribution in [0.3, 0.4) is 0 Å². The molecule has 1 aromatic carbocycles. The summed E-state index contributed by atoms with van der Waals surface area (Å²) < 4.78 is 35.2. The van der Waals surface area contributed by atoms with E-state index in [0.29, 0.717) is 13.0 Å². The molecule has 1 aliphatic rings. The van der Waals surface area contributed by atoms with E-state index in [1.165, 1.54) is 18.5 Å². The predicted molar refractivity (Wildman–Crippen MR) is 112 cm³/mol. The molecule has 3 heterocycles. The van der Waals surface area contributed by atoms with Crippen molar-refractivity contribution in [3.8, 4) is 0 Å². The quantitative estimate of drug-likeness (QED) is 0.581. The molecule has 1 fully saturated rings. The molecule has 1 aliphatic heterocycles. The van der Waals surface area contributed by atoms with Gasteiger partial charge >= 0.3 is 0 Å². The third-order valence-electron chi connectivity index (χ3n) is 5.16. The molecule has 0 unspecified atom stereocenters. The summed E-state index contributed by atoms with van der Waals surface area (Å²) in [6.07, 6.45) is 2.24. The molecule has 2 atom stereocenters. The molecule has 1 saturated heterocycles. The Bertz CT molecular complexity index is 1190. The van der Waals surface area contributed by atoms with Crippen molar-refractivity contribution >= 4 is 32.7 Å². The van der Waals surface area contributed by atoms with Crippen molar-refractivity contribution in [2.75, 3.05) is 13.2 Å². The predicted octanol–water partition coefficient (Wildman–Crippen LogP) is 2.37. The van der Waals surface area contributed by atoms with Crippen molar-refractivity contribution in [1.29, 1.82) is 0 Å². The van der Waals surface area contributed by atoms with Crippen LogP contribution in [-0.2, 0) is 11.3 Å². The maximum Gasteiger partial charge on any atom is 0.260 e. The molecule has 2 aromatic heterocycles. The van der Waals surface area contributed by atoms with Gasteiger partial charge in [-0.25, -0.2) is 8.78 Å². The number of hydrogen-bond acceptors (Lipinski definition) is 5. The average Bonchev–Trinajstić information content (AvgIpc) is 2.73. The zero-order chi connectivity index (χ0) is 22.1. The van der Waals surface area contributed by atoms with Gasteiger partial charge in [-0.05, 0) is 30.7 Å². The number of rotatable bonds is 4. The number of nitrogens with zero attached hydrogens (tertiary/aromatic N) is 2. The minimum atomic E-state index is -0.867. The fraction of sp³-hybridized carbons (Fsp3) is 0.286. The largest absolute Gasteiger partial charge is 0.389 e. The monoisotopic (exact) mass is 493 g/mol. The minimum Gasteiger partial charge on any atom is -0.389 e. The summed E-state index contributed by atoms with van der Waals surface area (Å²) in [5.74, 6) is -2.19. The van der Waals surface area contributed by atoms with Crippen LogP contribution in [0, 0.1) is 11.6 Å². The van der Waals surface area contributed by atoms with Crippen molar-refractivity contribution in [3.63, 3.8) is 0 Å². The first-order valence-corrected chi connectivity index (χ1v) is 10.3. The van der Waals surface area contributed by atoms with Crippen LogP contribution >= 0.6 is 15.9 Å². The number of pyridine rings is 2. The van der Waals surface area contributed by atoms with Crippen LogP contribution in [0.4, 0.5) is 8.78 Å². The van der Waals surface area contributed by atoms with E-state index in [2.05, 4.69) is 26.2 Å². The fourth-order valence-corrected chi connectivity index (χ4v) is 3.94. The summed E-state index contributed by atoms with van der Waals surface area (Å²) in [5, 5.41) is 12.9. The van der Waals surface area contributed by atoms with Crippen molar-refractivity contribution < 1.29 is 23.4 Å². The maximum atomic E-state index is 14.3. The molecule has 1 amide bonds. The third kappa shape index (κ3) is 4.36. The van der Waals surface area contributed by atoms with Gasteiger partial charge in [0.15, 0.2) is 0 Å². The molecule has 0 saturated carbocycles. The molecule has 10 heteroatoms. The van der Waals surface area contributed by atoms with Gasteiger partial charge in [-0.15, -0.1) is 0 Å². The molecular formula is C21H18BrF2N3O4. The SMILES string of the molecule is O=C(N[C@H]1CCOC[C@@H]1O)c1cn(Cc2c(F)cc(Br)cc2F)c(=O)c2cccnc12. The maximum absolute atomic E-state index is 14.3. The zero-order valence-corrected chi connectivity index (χ0v) is 17.7. The summed E-state index contributed by atoms with van der Waals surface area (Å²) >= 11 is 3.02. The Labute approximate surface area is 183 Å². The molecule has 0 bridgehead atoms.